The molecule has 0 bridgehead atoms. The molecule has 2 rings (SSSR count). The van der Waals surface area contributed by atoms with Gasteiger partial charge in [-0.2, -0.15) is 0 Å². The molecule has 0 saturated carbocycles. The maximum Gasteiger partial charge on any atom is 0.271 e. The zero-order valence-electron chi connectivity index (χ0n) is 13.3. The first-order valence-electron chi connectivity index (χ1n) is 7.39. The van der Waals surface area contributed by atoms with Crippen LogP contribution in [0.3, 0.4) is 0 Å². The highest BCUT2D eigenvalue weighted by atomic mass is 19.1. The quantitative estimate of drug-likeness (QED) is 0.644. The number of non-ortho nitro benzene ring substituents is 1. The van der Waals surface area contributed by atoms with Crippen molar-refractivity contribution in [3.05, 3.63) is 64.0 Å². The average Bonchev–Trinajstić information content (AvgIpc) is 2.56. The topological polar surface area (TPSA) is 81.5 Å². The van der Waals surface area contributed by atoms with Crippen LogP contribution in [-0.4, -0.2) is 16.9 Å². The number of nitrogens with zero attached hydrogens (tertiary/aromatic N) is 1. The van der Waals surface area contributed by atoms with Gasteiger partial charge < -0.3 is 10.1 Å². The predicted molar refractivity (Wildman–Crippen MR) is 87.6 cm³/mol. The third-order valence-corrected chi connectivity index (χ3v) is 3.45. The summed E-state index contributed by atoms with van der Waals surface area (Å²) < 4.78 is 18.5. The van der Waals surface area contributed by atoms with Crippen LogP contribution in [-0.2, 0) is 4.79 Å². The Labute approximate surface area is 138 Å². The number of ether oxygens (including phenoxy) is 1. The second-order valence-electron chi connectivity index (χ2n) is 5.21. The van der Waals surface area contributed by atoms with E-state index in [2.05, 4.69) is 5.32 Å². The molecule has 0 aliphatic carbocycles. The first-order chi connectivity index (χ1) is 11.4. The number of aryl methyl sites for hydroxylation is 1. The predicted octanol–water partition coefficient (Wildman–Crippen LogP) is 3.84. The van der Waals surface area contributed by atoms with Gasteiger partial charge in [-0.3, -0.25) is 14.9 Å². The van der Waals surface area contributed by atoms with Gasteiger partial charge in [-0.1, -0.05) is 13.0 Å². The second kappa shape index (κ2) is 7.54. The monoisotopic (exact) mass is 332 g/mol. The number of benzene rings is 2. The van der Waals surface area contributed by atoms with Crippen molar-refractivity contribution >= 4 is 17.3 Å². The van der Waals surface area contributed by atoms with E-state index in [1.165, 1.54) is 36.4 Å². The molecule has 0 aliphatic rings. The van der Waals surface area contributed by atoms with Crippen LogP contribution in [0.1, 0.15) is 18.9 Å². The molecule has 24 heavy (non-hydrogen) atoms. The van der Waals surface area contributed by atoms with E-state index in [9.17, 15) is 19.3 Å². The van der Waals surface area contributed by atoms with E-state index in [0.29, 0.717) is 23.4 Å². The maximum absolute atomic E-state index is 12.9. The molecule has 1 N–H and O–H groups in total. The Hall–Kier alpha value is -2.96. The summed E-state index contributed by atoms with van der Waals surface area (Å²) in [4.78, 5) is 22.7. The molecule has 1 amide bonds. The second-order valence-corrected chi connectivity index (χ2v) is 5.21. The van der Waals surface area contributed by atoms with Gasteiger partial charge >= 0.3 is 0 Å². The van der Waals surface area contributed by atoms with E-state index in [4.69, 9.17) is 4.74 Å². The summed E-state index contributed by atoms with van der Waals surface area (Å²) in [6.45, 7) is 3.51. The minimum absolute atomic E-state index is 0.108. The van der Waals surface area contributed by atoms with Gasteiger partial charge in [0.05, 0.1) is 10.6 Å². The normalized spacial score (nSPS) is 11.6. The summed E-state index contributed by atoms with van der Waals surface area (Å²) in [5.41, 5.74) is 0.948. The Morgan fingerprint density at radius 3 is 2.54 bits per heavy atom. The summed E-state index contributed by atoms with van der Waals surface area (Å²) in [6.07, 6.45) is -0.411. The van der Waals surface area contributed by atoms with E-state index in [0.717, 1.165) is 0 Å². The first-order valence-corrected chi connectivity index (χ1v) is 7.39. The largest absolute Gasteiger partial charge is 0.481 e. The number of rotatable bonds is 6. The number of carbonyl (C=O) groups is 1. The number of hydrogen-bond acceptors (Lipinski definition) is 4. The molecule has 0 aliphatic heterocycles. The van der Waals surface area contributed by atoms with Crippen LogP contribution in [0.2, 0.25) is 0 Å². The fourth-order valence-corrected chi connectivity index (χ4v) is 2.07. The van der Waals surface area contributed by atoms with Gasteiger partial charge in [0, 0.05) is 12.1 Å². The molecule has 0 saturated heterocycles. The van der Waals surface area contributed by atoms with Crippen molar-refractivity contribution in [2.24, 2.45) is 0 Å². The van der Waals surface area contributed by atoms with E-state index in [1.54, 1.807) is 19.9 Å². The lowest BCUT2D eigenvalue weighted by Gasteiger charge is -2.18. The van der Waals surface area contributed by atoms with Crippen molar-refractivity contribution in [1.82, 2.24) is 0 Å². The molecule has 2 aromatic rings. The molecule has 0 heterocycles. The fraction of sp³-hybridized carbons (Fsp3) is 0.235. The smallest absolute Gasteiger partial charge is 0.271 e. The maximum atomic E-state index is 12.9. The van der Waals surface area contributed by atoms with E-state index < -0.39 is 22.8 Å². The Kier molecular flexibility index (Phi) is 5.47. The molecule has 0 spiro atoms. The molecule has 7 heteroatoms. The van der Waals surface area contributed by atoms with Gasteiger partial charge in [0.25, 0.3) is 11.6 Å². The number of hydrogen-bond donors (Lipinski definition) is 1. The Morgan fingerprint density at radius 1 is 1.29 bits per heavy atom. The zero-order chi connectivity index (χ0) is 17.7. The summed E-state index contributed by atoms with van der Waals surface area (Å²) in [6, 6.07) is 9.59. The van der Waals surface area contributed by atoms with E-state index in [-0.39, 0.29) is 5.69 Å². The van der Waals surface area contributed by atoms with E-state index in [1.807, 2.05) is 0 Å². The van der Waals surface area contributed by atoms with Gasteiger partial charge in [0.1, 0.15) is 11.6 Å². The molecule has 1 atom stereocenters. The first kappa shape index (κ1) is 17.4. The van der Waals surface area contributed by atoms with Crippen LogP contribution in [0.25, 0.3) is 0 Å². The number of amides is 1. The van der Waals surface area contributed by atoms with Gasteiger partial charge in [0.15, 0.2) is 6.10 Å². The van der Waals surface area contributed by atoms with Crippen molar-refractivity contribution in [3.8, 4) is 5.75 Å². The minimum Gasteiger partial charge on any atom is -0.481 e. The van der Waals surface area contributed by atoms with Crippen molar-refractivity contribution in [2.75, 3.05) is 5.32 Å². The molecule has 0 fully saturated rings. The highest BCUT2D eigenvalue weighted by Crippen LogP contribution is 2.23. The fourth-order valence-electron chi connectivity index (χ4n) is 2.07. The van der Waals surface area contributed by atoms with Crippen LogP contribution < -0.4 is 10.1 Å². The molecule has 2 aromatic carbocycles. The number of nitro groups is 1. The SMILES string of the molecule is CC[C@H](Oc1ccc(F)cc1)C(=O)Nc1cc([N+](=O)[O-])ccc1C. The van der Waals surface area contributed by atoms with Crippen LogP contribution in [0.5, 0.6) is 5.75 Å². The average molecular weight is 332 g/mol. The molecule has 126 valence electrons. The number of nitrogens with one attached hydrogen (secondary N) is 1. The summed E-state index contributed by atoms with van der Waals surface area (Å²) >= 11 is 0. The third-order valence-electron chi connectivity index (χ3n) is 3.45. The molecule has 6 nitrogen and oxygen atoms in total. The lowest BCUT2D eigenvalue weighted by Crippen LogP contribution is -2.32. The molecule has 0 aromatic heterocycles. The van der Waals surface area contributed by atoms with Crippen LogP contribution in [0.4, 0.5) is 15.8 Å². The molecular weight excluding hydrogens is 315 g/mol. The lowest BCUT2D eigenvalue weighted by molar-refractivity contribution is -0.384. The summed E-state index contributed by atoms with van der Waals surface area (Å²) in [5, 5.41) is 13.5. The highest BCUT2D eigenvalue weighted by Gasteiger charge is 2.20. The van der Waals surface area contributed by atoms with Crippen molar-refractivity contribution in [1.29, 1.82) is 0 Å². The summed E-state index contributed by atoms with van der Waals surface area (Å²) in [7, 11) is 0. The lowest BCUT2D eigenvalue weighted by atomic mass is 10.1. The molecular formula is C17H17FN2O4. The van der Waals surface area contributed by atoms with Crippen molar-refractivity contribution < 1.29 is 18.8 Å². The highest BCUT2D eigenvalue weighted by molar-refractivity contribution is 5.95. The minimum atomic E-state index is -0.797. The number of carbonyl (C=O) groups excluding carboxylic acids is 1. The Balaban J connectivity index is 2.13. The number of halogens is 1. The third kappa shape index (κ3) is 4.28. The molecule has 0 unspecified atom stereocenters. The van der Waals surface area contributed by atoms with Gasteiger partial charge in [-0.05, 0) is 43.2 Å². The van der Waals surface area contributed by atoms with Gasteiger partial charge in [0.2, 0.25) is 0 Å². The number of nitro benzene ring substituents is 1. The van der Waals surface area contributed by atoms with Crippen LogP contribution in [0.15, 0.2) is 42.5 Å². The number of anilines is 1. The summed E-state index contributed by atoms with van der Waals surface area (Å²) in [5.74, 6) is -0.452. The van der Waals surface area contributed by atoms with Gasteiger partial charge in [-0.25, -0.2) is 4.39 Å². The van der Waals surface area contributed by atoms with Crippen molar-refractivity contribution in [3.63, 3.8) is 0 Å². The van der Waals surface area contributed by atoms with E-state index >= 15 is 0 Å². The Bertz CT molecular complexity index is 747. The standard InChI is InChI=1S/C17H17FN2O4/c1-3-16(24-14-8-5-12(18)6-9-14)17(21)19-15-10-13(20(22)23)7-4-11(15)2/h4-10,16H,3H2,1-2H3,(H,19,21)/t16-/m0/s1. The van der Waals surface area contributed by atoms with Crippen LogP contribution in [0, 0.1) is 22.9 Å². The van der Waals surface area contributed by atoms with Crippen LogP contribution >= 0.6 is 0 Å². The molecule has 0 radical (unpaired) electrons. The zero-order valence-corrected chi connectivity index (χ0v) is 13.3. The Morgan fingerprint density at radius 2 is 1.96 bits per heavy atom. The van der Waals surface area contributed by atoms with Crippen molar-refractivity contribution in [2.45, 2.75) is 26.4 Å². The van der Waals surface area contributed by atoms with Gasteiger partial charge in [-0.15, -0.1) is 0 Å².